The quantitative estimate of drug-likeness (QED) is 0.678. The largest absolute Gasteiger partial charge is 0.483 e. The monoisotopic (exact) mass is 363 g/mol. The van der Waals surface area contributed by atoms with E-state index in [9.17, 15) is 4.79 Å². The molecule has 5 nitrogen and oxygen atoms in total. The molecule has 0 atom stereocenters. The van der Waals surface area contributed by atoms with Crippen LogP contribution in [0.3, 0.4) is 0 Å². The number of ether oxygens (including phenoxy) is 1. The van der Waals surface area contributed by atoms with Crippen molar-refractivity contribution in [3.8, 4) is 5.75 Å². The fourth-order valence-electron chi connectivity index (χ4n) is 2.87. The van der Waals surface area contributed by atoms with Crippen molar-refractivity contribution in [2.45, 2.75) is 33.2 Å². The Morgan fingerprint density at radius 2 is 1.96 bits per heavy atom. The molecular weight excluding hydrogens is 338 g/mol. The Labute approximate surface area is 160 Å². The average molecular weight is 363 g/mol. The third kappa shape index (κ3) is 5.20. The van der Waals surface area contributed by atoms with Crippen molar-refractivity contribution in [3.05, 3.63) is 77.6 Å². The molecule has 0 bridgehead atoms. The number of hydrogen-bond donors (Lipinski definition) is 1. The molecule has 0 saturated heterocycles. The Kier molecular flexibility index (Phi) is 5.91. The molecule has 0 saturated carbocycles. The molecule has 3 aromatic rings. The van der Waals surface area contributed by atoms with Crippen LogP contribution in [0.15, 0.2) is 60.9 Å². The number of aromatic nitrogens is 2. The van der Waals surface area contributed by atoms with E-state index in [0.29, 0.717) is 18.2 Å². The van der Waals surface area contributed by atoms with Crippen LogP contribution >= 0.6 is 0 Å². The van der Waals surface area contributed by atoms with Crippen LogP contribution in [0.5, 0.6) is 5.75 Å². The van der Waals surface area contributed by atoms with Crippen molar-refractivity contribution < 1.29 is 9.53 Å². The first-order chi connectivity index (χ1) is 13.0. The van der Waals surface area contributed by atoms with E-state index in [0.717, 1.165) is 22.4 Å². The van der Waals surface area contributed by atoms with Gasteiger partial charge in [0.25, 0.3) is 5.91 Å². The SMILES string of the molecule is Cc1ccc(C(C)C)c(OCC(=O)Nc2cnn(Cc3ccccc3)c2)c1. The van der Waals surface area contributed by atoms with Gasteiger partial charge in [-0.2, -0.15) is 5.10 Å². The van der Waals surface area contributed by atoms with Crippen molar-refractivity contribution in [1.82, 2.24) is 9.78 Å². The molecule has 1 aromatic heterocycles. The van der Waals surface area contributed by atoms with Gasteiger partial charge < -0.3 is 10.1 Å². The summed E-state index contributed by atoms with van der Waals surface area (Å²) in [4.78, 5) is 12.2. The van der Waals surface area contributed by atoms with Crippen LogP contribution in [0.2, 0.25) is 0 Å². The minimum atomic E-state index is -0.203. The lowest BCUT2D eigenvalue weighted by Crippen LogP contribution is -2.20. The summed E-state index contributed by atoms with van der Waals surface area (Å²) in [5, 5.41) is 7.13. The van der Waals surface area contributed by atoms with Gasteiger partial charge in [0.15, 0.2) is 6.61 Å². The van der Waals surface area contributed by atoms with E-state index in [-0.39, 0.29) is 12.5 Å². The van der Waals surface area contributed by atoms with Crippen LogP contribution in [0.1, 0.15) is 36.5 Å². The Morgan fingerprint density at radius 1 is 1.19 bits per heavy atom. The third-order valence-electron chi connectivity index (χ3n) is 4.25. The number of hydrogen-bond acceptors (Lipinski definition) is 3. The average Bonchev–Trinajstić information content (AvgIpc) is 3.07. The van der Waals surface area contributed by atoms with E-state index in [1.807, 2.05) is 49.5 Å². The number of aryl methyl sites for hydroxylation is 1. The van der Waals surface area contributed by atoms with Gasteiger partial charge >= 0.3 is 0 Å². The van der Waals surface area contributed by atoms with Gasteiger partial charge in [0.1, 0.15) is 5.75 Å². The molecule has 0 fully saturated rings. The Bertz CT molecular complexity index is 901. The Balaban J connectivity index is 1.57. The molecule has 27 heavy (non-hydrogen) atoms. The number of nitrogens with one attached hydrogen (secondary N) is 1. The highest BCUT2D eigenvalue weighted by molar-refractivity contribution is 5.91. The summed E-state index contributed by atoms with van der Waals surface area (Å²) in [5.41, 5.74) is 4.02. The molecule has 0 radical (unpaired) electrons. The van der Waals surface area contributed by atoms with Crippen LogP contribution in [-0.2, 0) is 11.3 Å². The fourth-order valence-corrected chi connectivity index (χ4v) is 2.87. The number of anilines is 1. The normalized spacial score (nSPS) is 10.8. The van der Waals surface area contributed by atoms with E-state index < -0.39 is 0 Å². The second-order valence-corrected chi connectivity index (χ2v) is 6.95. The number of amides is 1. The molecule has 0 aliphatic heterocycles. The Hall–Kier alpha value is -3.08. The zero-order valence-corrected chi connectivity index (χ0v) is 16.0. The first-order valence-electron chi connectivity index (χ1n) is 9.11. The summed E-state index contributed by atoms with van der Waals surface area (Å²) >= 11 is 0. The van der Waals surface area contributed by atoms with Gasteiger partial charge in [-0.25, -0.2) is 0 Å². The number of carbonyl (C=O) groups excluding carboxylic acids is 1. The molecule has 0 unspecified atom stereocenters. The van der Waals surface area contributed by atoms with Gasteiger partial charge in [-0.15, -0.1) is 0 Å². The number of rotatable bonds is 7. The molecule has 0 spiro atoms. The number of carbonyl (C=O) groups is 1. The van der Waals surface area contributed by atoms with Crippen LogP contribution in [0, 0.1) is 6.92 Å². The number of benzene rings is 2. The predicted octanol–water partition coefficient (Wildman–Crippen LogP) is 4.38. The zero-order valence-electron chi connectivity index (χ0n) is 16.0. The minimum absolute atomic E-state index is 0.0347. The van der Waals surface area contributed by atoms with Crippen molar-refractivity contribution in [1.29, 1.82) is 0 Å². The van der Waals surface area contributed by atoms with E-state index in [4.69, 9.17) is 4.74 Å². The lowest BCUT2D eigenvalue weighted by Gasteiger charge is -2.14. The summed E-state index contributed by atoms with van der Waals surface area (Å²) in [5.74, 6) is 0.894. The number of nitrogens with zero attached hydrogens (tertiary/aromatic N) is 2. The van der Waals surface area contributed by atoms with Gasteiger partial charge in [0.05, 0.1) is 18.4 Å². The highest BCUT2D eigenvalue weighted by Crippen LogP contribution is 2.27. The van der Waals surface area contributed by atoms with Gasteiger partial charge in [-0.3, -0.25) is 9.48 Å². The first kappa shape index (κ1) is 18.7. The van der Waals surface area contributed by atoms with Crippen LogP contribution < -0.4 is 10.1 Å². The highest BCUT2D eigenvalue weighted by Gasteiger charge is 2.11. The van der Waals surface area contributed by atoms with Gasteiger partial charge in [0.2, 0.25) is 0 Å². The lowest BCUT2D eigenvalue weighted by molar-refractivity contribution is -0.118. The second kappa shape index (κ2) is 8.54. The maximum atomic E-state index is 12.2. The van der Waals surface area contributed by atoms with E-state index in [1.54, 1.807) is 10.9 Å². The van der Waals surface area contributed by atoms with E-state index in [2.05, 4.69) is 36.4 Å². The van der Waals surface area contributed by atoms with Crippen molar-refractivity contribution in [3.63, 3.8) is 0 Å². The molecular formula is C22H25N3O2. The van der Waals surface area contributed by atoms with Crippen molar-refractivity contribution in [2.75, 3.05) is 11.9 Å². The molecule has 5 heteroatoms. The molecule has 1 heterocycles. The standard InChI is InChI=1S/C22H25N3O2/c1-16(2)20-10-9-17(3)11-21(20)27-15-22(26)24-19-12-23-25(14-19)13-18-7-5-4-6-8-18/h4-12,14,16H,13,15H2,1-3H3,(H,24,26). The highest BCUT2D eigenvalue weighted by atomic mass is 16.5. The molecule has 1 N–H and O–H groups in total. The third-order valence-corrected chi connectivity index (χ3v) is 4.25. The first-order valence-corrected chi connectivity index (χ1v) is 9.11. The van der Waals surface area contributed by atoms with Gasteiger partial charge in [0, 0.05) is 6.20 Å². The zero-order chi connectivity index (χ0) is 19.2. The summed E-state index contributed by atoms with van der Waals surface area (Å²) in [6.45, 7) is 6.86. The second-order valence-electron chi connectivity index (χ2n) is 6.95. The van der Waals surface area contributed by atoms with Gasteiger partial charge in [-0.05, 0) is 35.6 Å². The summed E-state index contributed by atoms with van der Waals surface area (Å²) in [7, 11) is 0. The van der Waals surface area contributed by atoms with Crippen LogP contribution in [0.25, 0.3) is 0 Å². The predicted molar refractivity (Wildman–Crippen MR) is 107 cm³/mol. The summed E-state index contributed by atoms with van der Waals surface area (Å²) in [6, 6.07) is 16.1. The molecule has 0 aliphatic rings. The smallest absolute Gasteiger partial charge is 0.262 e. The topological polar surface area (TPSA) is 56.1 Å². The van der Waals surface area contributed by atoms with Crippen LogP contribution in [-0.4, -0.2) is 22.3 Å². The van der Waals surface area contributed by atoms with Crippen molar-refractivity contribution in [2.24, 2.45) is 0 Å². The minimum Gasteiger partial charge on any atom is -0.483 e. The fraction of sp³-hybridized carbons (Fsp3) is 0.273. The summed E-state index contributed by atoms with van der Waals surface area (Å²) < 4.78 is 7.57. The maximum Gasteiger partial charge on any atom is 0.262 e. The lowest BCUT2D eigenvalue weighted by atomic mass is 10.0. The Morgan fingerprint density at radius 3 is 2.70 bits per heavy atom. The molecule has 0 aliphatic carbocycles. The summed E-state index contributed by atoms with van der Waals surface area (Å²) in [6.07, 6.45) is 3.46. The van der Waals surface area contributed by atoms with Crippen LogP contribution in [0.4, 0.5) is 5.69 Å². The molecule has 2 aromatic carbocycles. The van der Waals surface area contributed by atoms with Gasteiger partial charge in [-0.1, -0.05) is 56.3 Å². The molecule has 140 valence electrons. The molecule has 1 amide bonds. The van der Waals surface area contributed by atoms with E-state index >= 15 is 0 Å². The van der Waals surface area contributed by atoms with E-state index in [1.165, 1.54) is 0 Å². The maximum absolute atomic E-state index is 12.2. The molecule has 3 rings (SSSR count). The van der Waals surface area contributed by atoms with Crippen molar-refractivity contribution >= 4 is 11.6 Å².